The number of hydrogen-bond donors (Lipinski definition) is 0. The third-order valence-corrected chi connectivity index (χ3v) is 5.05. The molecule has 126 valence electrons. The van der Waals surface area contributed by atoms with Crippen molar-refractivity contribution in [1.29, 1.82) is 0 Å². The molecule has 4 rings (SSSR count). The zero-order valence-electron chi connectivity index (χ0n) is 13.8. The minimum absolute atomic E-state index is 0.00895. The molecule has 24 heavy (non-hydrogen) atoms. The maximum atomic E-state index is 12.8. The number of carbonyl (C=O) groups is 2. The standard InChI is InChI=1S/C17H20N4O3/c1-11-6-8-24-16(11)17(23)20-7-5-14-13(20)3-4-15(22)21(14)12-9-18-19(2)10-12/h6,8-10,13-14H,3-5,7H2,1-2H3/t13-,14-/m1/s1. The fourth-order valence-corrected chi connectivity index (χ4v) is 3.91. The summed E-state index contributed by atoms with van der Waals surface area (Å²) >= 11 is 0. The summed E-state index contributed by atoms with van der Waals surface area (Å²) < 4.78 is 7.06. The Bertz CT molecular complexity index is 793. The molecule has 0 radical (unpaired) electrons. The number of amides is 2. The van der Waals surface area contributed by atoms with E-state index in [0.717, 1.165) is 17.7 Å². The number of furan rings is 1. The SMILES string of the molecule is Cc1ccoc1C(=O)N1CC[C@@H]2[C@H]1CCC(=O)N2c1cnn(C)c1. The lowest BCUT2D eigenvalue weighted by molar-refractivity contribution is -0.120. The van der Waals surface area contributed by atoms with Crippen molar-refractivity contribution in [2.45, 2.75) is 38.3 Å². The van der Waals surface area contributed by atoms with Gasteiger partial charge < -0.3 is 14.2 Å². The molecule has 2 aromatic rings. The van der Waals surface area contributed by atoms with Crippen molar-refractivity contribution in [3.05, 3.63) is 36.0 Å². The van der Waals surface area contributed by atoms with Crippen LogP contribution in [-0.2, 0) is 11.8 Å². The lowest BCUT2D eigenvalue weighted by Crippen LogP contribution is -2.53. The van der Waals surface area contributed by atoms with Crippen LogP contribution in [0.5, 0.6) is 0 Å². The van der Waals surface area contributed by atoms with E-state index in [1.165, 1.54) is 0 Å². The number of anilines is 1. The summed E-state index contributed by atoms with van der Waals surface area (Å²) in [5, 5.41) is 4.17. The molecule has 7 nitrogen and oxygen atoms in total. The van der Waals surface area contributed by atoms with Crippen LogP contribution in [0.15, 0.2) is 29.1 Å². The molecule has 2 aromatic heterocycles. The Hall–Kier alpha value is -2.57. The quantitative estimate of drug-likeness (QED) is 0.842. The van der Waals surface area contributed by atoms with Gasteiger partial charge in [-0.1, -0.05) is 0 Å². The van der Waals surface area contributed by atoms with Crippen LogP contribution in [0.25, 0.3) is 0 Å². The first-order valence-electron chi connectivity index (χ1n) is 8.22. The molecule has 0 bridgehead atoms. The Kier molecular flexibility index (Phi) is 3.44. The van der Waals surface area contributed by atoms with Gasteiger partial charge >= 0.3 is 0 Å². The summed E-state index contributed by atoms with van der Waals surface area (Å²) in [6.45, 7) is 2.51. The number of fused-ring (bicyclic) bond motifs is 1. The normalized spacial score (nSPS) is 23.7. The van der Waals surface area contributed by atoms with Gasteiger partial charge in [0.15, 0.2) is 5.76 Å². The number of carbonyl (C=O) groups excluding carboxylic acids is 2. The van der Waals surface area contributed by atoms with Gasteiger partial charge in [0.1, 0.15) is 0 Å². The van der Waals surface area contributed by atoms with E-state index in [2.05, 4.69) is 5.10 Å². The van der Waals surface area contributed by atoms with E-state index in [-0.39, 0.29) is 23.9 Å². The number of aromatic nitrogens is 2. The van der Waals surface area contributed by atoms with Crippen molar-refractivity contribution in [3.8, 4) is 0 Å². The molecule has 7 heteroatoms. The highest BCUT2D eigenvalue weighted by Gasteiger charge is 2.46. The average Bonchev–Trinajstić information content (AvgIpc) is 3.26. The van der Waals surface area contributed by atoms with E-state index in [9.17, 15) is 9.59 Å². The van der Waals surface area contributed by atoms with E-state index in [1.54, 1.807) is 23.2 Å². The molecule has 0 unspecified atom stereocenters. The molecule has 0 aliphatic carbocycles. The molecule has 2 saturated heterocycles. The Labute approximate surface area is 139 Å². The summed E-state index contributed by atoms with van der Waals surface area (Å²) in [4.78, 5) is 29.0. The second-order valence-electron chi connectivity index (χ2n) is 6.53. The van der Waals surface area contributed by atoms with Crippen molar-refractivity contribution in [3.63, 3.8) is 0 Å². The fourth-order valence-electron chi connectivity index (χ4n) is 3.91. The van der Waals surface area contributed by atoms with Crippen LogP contribution in [0.4, 0.5) is 5.69 Å². The summed E-state index contributed by atoms with van der Waals surface area (Å²) in [5.74, 6) is 0.429. The van der Waals surface area contributed by atoms with Gasteiger partial charge in [0.25, 0.3) is 5.91 Å². The van der Waals surface area contributed by atoms with Crippen LogP contribution < -0.4 is 4.90 Å². The highest BCUT2D eigenvalue weighted by atomic mass is 16.3. The van der Waals surface area contributed by atoms with E-state index in [0.29, 0.717) is 25.1 Å². The Morgan fingerprint density at radius 3 is 2.83 bits per heavy atom. The van der Waals surface area contributed by atoms with Crippen molar-refractivity contribution < 1.29 is 14.0 Å². The summed E-state index contributed by atoms with van der Waals surface area (Å²) in [7, 11) is 1.83. The number of rotatable bonds is 2. The molecule has 2 aliphatic rings. The minimum Gasteiger partial charge on any atom is -0.459 e. The molecule has 0 N–H and O–H groups in total. The number of piperidine rings is 1. The van der Waals surface area contributed by atoms with Crippen molar-refractivity contribution in [1.82, 2.24) is 14.7 Å². The lowest BCUT2D eigenvalue weighted by atomic mass is 9.95. The van der Waals surface area contributed by atoms with Gasteiger partial charge in [0.2, 0.25) is 5.91 Å². The summed E-state index contributed by atoms with van der Waals surface area (Å²) in [5.41, 5.74) is 1.65. The first-order valence-corrected chi connectivity index (χ1v) is 8.22. The second-order valence-corrected chi connectivity index (χ2v) is 6.53. The van der Waals surface area contributed by atoms with Gasteiger partial charge in [-0.2, -0.15) is 5.10 Å². The molecule has 2 amide bonds. The predicted molar refractivity (Wildman–Crippen MR) is 86.6 cm³/mol. The van der Waals surface area contributed by atoms with Crippen LogP contribution >= 0.6 is 0 Å². The minimum atomic E-state index is -0.0783. The molecule has 2 fully saturated rings. The predicted octanol–water partition coefficient (Wildman–Crippen LogP) is 1.73. The van der Waals surface area contributed by atoms with E-state index in [1.807, 2.05) is 30.0 Å². The number of hydrogen-bond acceptors (Lipinski definition) is 4. The largest absolute Gasteiger partial charge is 0.459 e. The van der Waals surface area contributed by atoms with Gasteiger partial charge in [0.05, 0.1) is 30.2 Å². The topological polar surface area (TPSA) is 71.6 Å². The zero-order chi connectivity index (χ0) is 16.8. The highest BCUT2D eigenvalue weighted by Crippen LogP contribution is 2.35. The average molecular weight is 328 g/mol. The maximum Gasteiger partial charge on any atom is 0.290 e. The molecule has 2 atom stereocenters. The van der Waals surface area contributed by atoms with Gasteiger partial charge in [-0.05, 0) is 25.8 Å². The van der Waals surface area contributed by atoms with Gasteiger partial charge in [-0.25, -0.2) is 0 Å². The molecule has 0 aromatic carbocycles. The Balaban J connectivity index is 1.62. The van der Waals surface area contributed by atoms with Crippen LogP contribution in [0.2, 0.25) is 0 Å². The number of likely N-dealkylation sites (tertiary alicyclic amines) is 1. The third kappa shape index (κ3) is 2.23. The van der Waals surface area contributed by atoms with Crippen molar-refractivity contribution in [2.24, 2.45) is 7.05 Å². The van der Waals surface area contributed by atoms with Crippen LogP contribution in [-0.4, -0.2) is 45.1 Å². The monoisotopic (exact) mass is 328 g/mol. The first kappa shape index (κ1) is 15.0. The van der Waals surface area contributed by atoms with Crippen LogP contribution in [0, 0.1) is 6.92 Å². The van der Waals surface area contributed by atoms with Crippen LogP contribution in [0.3, 0.4) is 0 Å². The fraction of sp³-hybridized carbons (Fsp3) is 0.471. The maximum absolute atomic E-state index is 12.8. The van der Waals surface area contributed by atoms with Crippen molar-refractivity contribution in [2.75, 3.05) is 11.4 Å². The number of aryl methyl sites for hydroxylation is 2. The molecule has 2 aliphatic heterocycles. The van der Waals surface area contributed by atoms with E-state index >= 15 is 0 Å². The third-order valence-electron chi connectivity index (χ3n) is 5.05. The smallest absolute Gasteiger partial charge is 0.290 e. The highest BCUT2D eigenvalue weighted by molar-refractivity contribution is 5.97. The molecular formula is C17H20N4O3. The molecule has 0 saturated carbocycles. The summed E-state index contributed by atoms with van der Waals surface area (Å²) in [6.07, 6.45) is 7.02. The Morgan fingerprint density at radius 2 is 2.17 bits per heavy atom. The first-order chi connectivity index (χ1) is 11.6. The Morgan fingerprint density at radius 1 is 1.33 bits per heavy atom. The molecular weight excluding hydrogens is 308 g/mol. The lowest BCUT2D eigenvalue weighted by Gasteiger charge is -2.38. The zero-order valence-corrected chi connectivity index (χ0v) is 13.8. The van der Waals surface area contributed by atoms with Gasteiger partial charge in [0, 0.05) is 31.8 Å². The van der Waals surface area contributed by atoms with Crippen molar-refractivity contribution >= 4 is 17.5 Å². The van der Waals surface area contributed by atoms with E-state index < -0.39 is 0 Å². The van der Waals surface area contributed by atoms with Gasteiger partial charge in [-0.3, -0.25) is 14.3 Å². The van der Waals surface area contributed by atoms with Crippen LogP contribution in [0.1, 0.15) is 35.4 Å². The molecule has 0 spiro atoms. The summed E-state index contributed by atoms with van der Waals surface area (Å²) in [6, 6.07) is 1.84. The number of nitrogens with zero attached hydrogens (tertiary/aromatic N) is 4. The second kappa shape index (κ2) is 5.51. The van der Waals surface area contributed by atoms with Gasteiger partial charge in [-0.15, -0.1) is 0 Å². The molecule has 4 heterocycles. The van der Waals surface area contributed by atoms with E-state index in [4.69, 9.17) is 4.42 Å².